The first-order valence-electron chi connectivity index (χ1n) is 5.47. The van der Waals surface area contributed by atoms with Crippen LogP contribution in [0.1, 0.15) is 23.1 Å². The standard InChI is InChI=1S/C13H12F2N2O/c1-8-6-16-13(17-7-8)12(18)5-9-2-3-10(14)11(15)4-9/h2-4,6-7,12,18H,5H2,1H3. The SMILES string of the molecule is Cc1cnc(C(O)Cc2ccc(F)c(F)c2)nc1. The van der Waals surface area contributed by atoms with Gasteiger partial charge in [-0.15, -0.1) is 0 Å². The molecule has 2 rings (SSSR count). The maximum atomic E-state index is 13.0. The van der Waals surface area contributed by atoms with Crippen molar-refractivity contribution in [2.45, 2.75) is 19.4 Å². The zero-order valence-electron chi connectivity index (χ0n) is 9.77. The minimum atomic E-state index is -0.935. The van der Waals surface area contributed by atoms with Gasteiger partial charge in [0, 0.05) is 18.8 Å². The number of aryl methyl sites for hydroxylation is 1. The number of hydrogen-bond donors (Lipinski definition) is 1. The lowest BCUT2D eigenvalue weighted by atomic mass is 10.1. The summed E-state index contributed by atoms with van der Waals surface area (Å²) in [6, 6.07) is 3.52. The van der Waals surface area contributed by atoms with Gasteiger partial charge in [-0.25, -0.2) is 18.7 Å². The first kappa shape index (κ1) is 12.6. The van der Waals surface area contributed by atoms with Crippen molar-refractivity contribution in [3.8, 4) is 0 Å². The second-order valence-electron chi connectivity index (χ2n) is 4.09. The van der Waals surface area contributed by atoms with Crippen LogP contribution in [-0.2, 0) is 6.42 Å². The van der Waals surface area contributed by atoms with E-state index in [0.717, 1.165) is 17.7 Å². The highest BCUT2D eigenvalue weighted by molar-refractivity contribution is 5.19. The normalized spacial score (nSPS) is 12.4. The van der Waals surface area contributed by atoms with E-state index in [1.54, 1.807) is 12.4 Å². The number of aliphatic hydroxyl groups excluding tert-OH is 1. The molecule has 1 aromatic heterocycles. The smallest absolute Gasteiger partial charge is 0.159 e. The van der Waals surface area contributed by atoms with Gasteiger partial charge in [-0.05, 0) is 30.2 Å². The fourth-order valence-corrected chi connectivity index (χ4v) is 1.56. The molecule has 1 aromatic carbocycles. The molecule has 0 radical (unpaired) electrons. The van der Waals surface area contributed by atoms with E-state index in [2.05, 4.69) is 9.97 Å². The first-order chi connectivity index (χ1) is 8.56. The molecule has 5 heteroatoms. The summed E-state index contributed by atoms with van der Waals surface area (Å²) in [4.78, 5) is 7.97. The number of benzene rings is 1. The highest BCUT2D eigenvalue weighted by Gasteiger charge is 2.12. The molecule has 2 aromatic rings. The number of hydrogen-bond acceptors (Lipinski definition) is 3. The number of halogens is 2. The van der Waals surface area contributed by atoms with Crippen LogP contribution < -0.4 is 0 Å². The molecule has 1 N–H and O–H groups in total. The molecular formula is C13H12F2N2O. The van der Waals surface area contributed by atoms with Crippen molar-refractivity contribution in [2.75, 3.05) is 0 Å². The molecule has 0 saturated heterocycles. The Labute approximate surface area is 103 Å². The summed E-state index contributed by atoms with van der Waals surface area (Å²) in [5, 5.41) is 9.88. The van der Waals surface area contributed by atoms with E-state index >= 15 is 0 Å². The third-order valence-corrected chi connectivity index (χ3v) is 2.51. The van der Waals surface area contributed by atoms with Gasteiger partial charge < -0.3 is 5.11 Å². The third kappa shape index (κ3) is 2.87. The zero-order chi connectivity index (χ0) is 13.1. The molecule has 18 heavy (non-hydrogen) atoms. The molecule has 0 fully saturated rings. The molecule has 0 spiro atoms. The van der Waals surface area contributed by atoms with Gasteiger partial charge in [-0.2, -0.15) is 0 Å². The van der Waals surface area contributed by atoms with Crippen molar-refractivity contribution in [3.05, 3.63) is 59.2 Å². The Balaban J connectivity index is 2.13. The van der Waals surface area contributed by atoms with Gasteiger partial charge in [-0.3, -0.25) is 0 Å². The van der Waals surface area contributed by atoms with Crippen LogP contribution in [0.3, 0.4) is 0 Å². The maximum absolute atomic E-state index is 13.0. The molecule has 0 aliphatic carbocycles. The maximum Gasteiger partial charge on any atom is 0.159 e. The van der Waals surface area contributed by atoms with Crippen LogP contribution in [0.25, 0.3) is 0 Å². The van der Waals surface area contributed by atoms with E-state index in [4.69, 9.17) is 0 Å². The van der Waals surface area contributed by atoms with Crippen LogP contribution in [-0.4, -0.2) is 15.1 Å². The van der Waals surface area contributed by atoms with E-state index in [1.165, 1.54) is 6.07 Å². The molecule has 94 valence electrons. The lowest BCUT2D eigenvalue weighted by Crippen LogP contribution is -2.07. The van der Waals surface area contributed by atoms with Crippen LogP contribution in [0.5, 0.6) is 0 Å². The molecule has 1 atom stereocenters. The molecule has 0 bridgehead atoms. The number of aliphatic hydroxyl groups is 1. The Bertz CT molecular complexity index is 543. The van der Waals surface area contributed by atoms with Crippen LogP contribution in [0, 0.1) is 18.6 Å². The van der Waals surface area contributed by atoms with Crippen molar-refractivity contribution in [1.82, 2.24) is 9.97 Å². The number of rotatable bonds is 3. The molecule has 0 saturated carbocycles. The van der Waals surface area contributed by atoms with Crippen molar-refractivity contribution >= 4 is 0 Å². The van der Waals surface area contributed by atoms with Gasteiger partial charge in [0.25, 0.3) is 0 Å². The molecule has 1 unspecified atom stereocenters. The molecule has 3 nitrogen and oxygen atoms in total. The van der Waals surface area contributed by atoms with Crippen LogP contribution in [0.15, 0.2) is 30.6 Å². The van der Waals surface area contributed by atoms with Crippen molar-refractivity contribution in [3.63, 3.8) is 0 Å². The predicted octanol–water partition coefficient (Wildman–Crippen LogP) is 2.34. The number of aromatic nitrogens is 2. The minimum absolute atomic E-state index is 0.139. The van der Waals surface area contributed by atoms with Gasteiger partial charge >= 0.3 is 0 Å². The minimum Gasteiger partial charge on any atom is -0.385 e. The first-order valence-corrected chi connectivity index (χ1v) is 5.47. The van der Waals surface area contributed by atoms with Gasteiger partial charge in [0.05, 0.1) is 0 Å². The Morgan fingerprint density at radius 3 is 2.44 bits per heavy atom. The van der Waals surface area contributed by atoms with Gasteiger partial charge in [0.2, 0.25) is 0 Å². The van der Waals surface area contributed by atoms with E-state index < -0.39 is 17.7 Å². The van der Waals surface area contributed by atoms with E-state index in [0.29, 0.717) is 5.56 Å². The highest BCUT2D eigenvalue weighted by Crippen LogP contribution is 2.16. The fraction of sp³-hybridized carbons (Fsp3) is 0.231. The lowest BCUT2D eigenvalue weighted by molar-refractivity contribution is 0.168. The second-order valence-corrected chi connectivity index (χ2v) is 4.09. The molecule has 0 aliphatic rings. The zero-order valence-corrected chi connectivity index (χ0v) is 9.77. The molecule has 0 amide bonds. The lowest BCUT2D eigenvalue weighted by Gasteiger charge is -2.09. The summed E-state index contributed by atoms with van der Waals surface area (Å²) in [6.45, 7) is 1.84. The Morgan fingerprint density at radius 2 is 1.83 bits per heavy atom. The van der Waals surface area contributed by atoms with Gasteiger partial charge in [-0.1, -0.05) is 6.07 Å². The summed E-state index contributed by atoms with van der Waals surface area (Å²) in [5.41, 5.74) is 1.38. The Hall–Kier alpha value is -1.88. The molecular weight excluding hydrogens is 238 g/mol. The average Bonchev–Trinajstić information content (AvgIpc) is 2.34. The molecule has 1 heterocycles. The summed E-state index contributed by atoms with van der Waals surface area (Å²) in [7, 11) is 0. The average molecular weight is 250 g/mol. The quantitative estimate of drug-likeness (QED) is 0.909. The van der Waals surface area contributed by atoms with Gasteiger partial charge in [0.1, 0.15) is 6.10 Å². The van der Waals surface area contributed by atoms with Crippen LogP contribution in [0.2, 0.25) is 0 Å². The third-order valence-electron chi connectivity index (χ3n) is 2.51. The summed E-state index contributed by atoms with van der Waals surface area (Å²) in [6.07, 6.45) is 2.39. The van der Waals surface area contributed by atoms with E-state index in [-0.39, 0.29) is 12.2 Å². The Morgan fingerprint density at radius 1 is 1.17 bits per heavy atom. The Kier molecular flexibility index (Phi) is 3.62. The van der Waals surface area contributed by atoms with Crippen molar-refractivity contribution in [2.24, 2.45) is 0 Å². The van der Waals surface area contributed by atoms with Gasteiger partial charge in [0.15, 0.2) is 17.5 Å². The van der Waals surface area contributed by atoms with Crippen LogP contribution >= 0.6 is 0 Å². The summed E-state index contributed by atoms with van der Waals surface area (Å²) in [5.74, 6) is -1.56. The van der Waals surface area contributed by atoms with Crippen molar-refractivity contribution < 1.29 is 13.9 Å². The molecule has 0 aliphatic heterocycles. The fourth-order valence-electron chi connectivity index (χ4n) is 1.56. The second kappa shape index (κ2) is 5.18. The monoisotopic (exact) mass is 250 g/mol. The predicted molar refractivity (Wildman–Crippen MR) is 61.8 cm³/mol. The van der Waals surface area contributed by atoms with Crippen molar-refractivity contribution in [1.29, 1.82) is 0 Å². The topological polar surface area (TPSA) is 46.0 Å². The number of nitrogens with zero attached hydrogens (tertiary/aromatic N) is 2. The largest absolute Gasteiger partial charge is 0.385 e. The summed E-state index contributed by atoms with van der Waals surface area (Å²) < 4.78 is 25.7. The van der Waals surface area contributed by atoms with Crippen LogP contribution in [0.4, 0.5) is 8.78 Å². The summed E-state index contributed by atoms with van der Waals surface area (Å²) >= 11 is 0. The van der Waals surface area contributed by atoms with E-state index in [9.17, 15) is 13.9 Å². The highest BCUT2D eigenvalue weighted by atomic mass is 19.2. The van der Waals surface area contributed by atoms with E-state index in [1.807, 2.05) is 6.92 Å².